The van der Waals surface area contributed by atoms with E-state index in [0.29, 0.717) is 0 Å². The molecule has 0 unspecified atom stereocenters. The normalized spacial score (nSPS) is 17.3. The summed E-state index contributed by atoms with van der Waals surface area (Å²) in [6.07, 6.45) is -1.76. The highest BCUT2D eigenvalue weighted by atomic mass is 16.5. The highest BCUT2D eigenvalue weighted by molar-refractivity contribution is 5.72. The molecular weight excluding hydrogens is 244 g/mol. The summed E-state index contributed by atoms with van der Waals surface area (Å²) in [4.78, 5) is 11.6. The Morgan fingerprint density at radius 3 is 2.32 bits per heavy atom. The van der Waals surface area contributed by atoms with Crippen LogP contribution in [0, 0.1) is 11.8 Å². The smallest absolute Gasteiger partial charge is 0.311 e. The molecule has 106 valence electrons. The minimum atomic E-state index is -0.950. The van der Waals surface area contributed by atoms with Crippen LogP contribution in [0.5, 0.6) is 0 Å². The predicted octanol–water partition coefficient (Wildman–Crippen LogP) is 1.92. The Morgan fingerprint density at radius 1 is 1.21 bits per heavy atom. The number of ether oxygens (including phenoxy) is 1. The van der Waals surface area contributed by atoms with E-state index in [1.165, 1.54) is 0 Å². The minimum Gasteiger partial charge on any atom is -0.466 e. The van der Waals surface area contributed by atoms with Crippen LogP contribution in [0.15, 0.2) is 30.3 Å². The SMILES string of the molecule is CCOC(=O)[C@H](C)[C@@H](O)[C@H](C)[C@H](O)c1ccccc1. The van der Waals surface area contributed by atoms with Crippen molar-refractivity contribution in [2.24, 2.45) is 11.8 Å². The van der Waals surface area contributed by atoms with Crippen molar-refractivity contribution in [1.82, 2.24) is 0 Å². The lowest BCUT2D eigenvalue weighted by molar-refractivity contribution is -0.153. The van der Waals surface area contributed by atoms with Crippen molar-refractivity contribution in [2.75, 3.05) is 6.61 Å². The molecule has 0 aliphatic carbocycles. The second-order valence-electron chi connectivity index (χ2n) is 4.75. The number of aliphatic hydroxyl groups excluding tert-OH is 2. The molecule has 0 bridgehead atoms. The van der Waals surface area contributed by atoms with E-state index in [9.17, 15) is 15.0 Å². The molecule has 0 spiro atoms. The Morgan fingerprint density at radius 2 is 1.79 bits per heavy atom. The van der Waals surface area contributed by atoms with Gasteiger partial charge in [-0.15, -0.1) is 0 Å². The van der Waals surface area contributed by atoms with Crippen molar-refractivity contribution in [3.8, 4) is 0 Å². The Kier molecular flexibility index (Phi) is 5.99. The number of hydrogen-bond donors (Lipinski definition) is 2. The summed E-state index contributed by atoms with van der Waals surface area (Å²) in [6, 6.07) is 9.10. The van der Waals surface area contributed by atoms with E-state index < -0.39 is 30.0 Å². The van der Waals surface area contributed by atoms with Gasteiger partial charge in [0, 0.05) is 5.92 Å². The fraction of sp³-hybridized carbons (Fsp3) is 0.533. The van der Waals surface area contributed by atoms with E-state index in [4.69, 9.17) is 4.74 Å². The molecule has 0 aliphatic heterocycles. The number of rotatable bonds is 6. The van der Waals surface area contributed by atoms with Crippen molar-refractivity contribution >= 4 is 5.97 Å². The van der Waals surface area contributed by atoms with Gasteiger partial charge in [0.05, 0.1) is 24.7 Å². The van der Waals surface area contributed by atoms with Gasteiger partial charge in [0.15, 0.2) is 0 Å². The summed E-state index contributed by atoms with van der Waals surface area (Å²) in [7, 11) is 0. The zero-order valence-electron chi connectivity index (χ0n) is 11.6. The van der Waals surface area contributed by atoms with E-state index in [1.54, 1.807) is 32.9 Å². The zero-order valence-corrected chi connectivity index (χ0v) is 11.6. The first-order valence-corrected chi connectivity index (χ1v) is 6.56. The average molecular weight is 266 g/mol. The molecule has 19 heavy (non-hydrogen) atoms. The first-order chi connectivity index (χ1) is 8.99. The van der Waals surface area contributed by atoms with Crippen LogP contribution in [0.4, 0.5) is 0 Å². The van der Waals surface area contributed by atoms with Gasteiger partial charge in [0.2, 0.25) is 0 Å². The van der Waals surface area contributed by atoms with Crippen molar-refractivity contribution < 1.29 is 19.7 Å². The van der Waals surface area contributed by atoms with Gasteiger partial charge in [0.25, 0.3) is 0 Å². The van der Waals surface area contributed by atoms with Gasteiger partial charge in [-0.05, 0) is 19.4 Å². The fourth-order valence-electron chi connectivity index (χ4n) is 2.01. The predicted molar refractivity (Wildman–Crippen MR) is 72.4 cm³/mol. The number of hydrogen-bond acceptors (Lipinski definition) is 4. The van der Waals surface area contributed by atoms with Crippen LogP contribution in [0.3, 0.4) is 0 Å². The summed E-state index contributed by atoms with van der Waals surface area (Å²) in [5.74, 6) is -1.56. The molecule has 1 aromatic carbocycles. The summed E-state index contributed by atoms with van der Waals surface area (Å²) in [6.45, 7) is 5.33. The van der Waals surface area contributed by atoms with Gasteiger partial charge in [0.1, 0.15) is 0 Å². The molecule has 4 atom stereocenters. The molecule has 0 radical (unpaired) electrons. The quantitative estimate of drug-likeness (QED) is 0.772. The molecule has 4 nitrogen and oxygen atoms in total. The largest absolute Gasteiger partial charge is 0.466 e. The first-order valence-electron chi connectivity index (χ1n) is 6.56. The van der Waals surface area contributed by atoms with E-state index in [2.05, 4.69) is 0 Å². The van der Waals surface area contributed by atoms with Crippen LogP contribution in [0.1, 0.15) is 32.4 Å². The lowest BCUT2D eigenvalue weighted by atomic mass is 9.86. The topological polar surface area (TPSA) is 66.8 Å². The Labute approximate surface area is 114 Å². The first kappa shape index (κ1) is 15.7. The molecule has 0 heterocycles. The van der Waals surface area contributed by atoms with Gasteiger partial charge in [-0.3, -0.25) is 4.79 Å². The van der Waals surface area contributed by atoms with Gasteiger partial charge in [-0.1, -0.05) is 37.3 Å². The second kappa shape index (κ2) is 7.26. The van der Waals surface area contributed by atoms with Gasteiger partial charge >= 0.3 is 5.97 Å². The maximum absolute atomic E-state index is 11.6. The number of benzene rings is 1. The number of esters is 1. The summed E-state index contributed by atoms with van der Waals surface area (Å²) in [5, 5.41) is 20.4. The third-order valence-electron chi connectivity index (χ3n) is 3.35. The molecule has 0 saturated carbocycles. The fourth-order valence-corrected chi connectivity index (χ4v) is 2.01. The van der Waals surface area contributed by atoms with Crippen molar-refractivity contribution in [2.45, 2.75) is 33.0 Å². The van der Waals surface area contributed by atoms with Crippen LogP contribution < -0.4 is 0 Å². The van der Waals surface area contributed by atoms with Gasteiger partial charge in [-0.2, -0.15) is 0 Å². The lowest BCUT2D eigenvalue weighted by Crippen LogP contribution is -2.35. The summed E-state index contributed by atoms with van der Waals surface area (Å²) < 4.78 is 4.88. The highest BCUT2D eigenvalue weighted by Crippen LogP contribution is 2.27. The third kappa shape index (κ3) is 4.04. The van der Waals surface area contributed by atoms with E-state index in [1.807, 2.05) is 18.2 Å². The number of carbonyl (C=O) groups excluding carboxylic acids is 1. The zero-order chi connectivity index (χ0) is 14.4. The molecule has 1 rings (SSSR count). The summed E-state index contributed by atoms with van der Waals surface area (Å²) >= 11 is 0. The van der Waals surface area contributed by atoms with E-state index in [0.717, 1.165) is 5.56 Å². The maximum Gasteiger partial charge on any atom is 0.311 e. The molecule has 4 heteroatoms. The highest BCUT2D eigenvalue weighted by Gasteiger charge is 2.32. The van der Waals surface area contributed by atoms with E-state index in [-0.39, 0.29) is 6.61 Å². The number of carbonyl (C=O) groups is 1. The Hall–Kier alpha value is -1.39. The van der Waals surface area contributed by atoms with Crippen LogP contribution in [0.25, 0.3) is 0 Å². The second-order valence-corrected chi connectivity index (χ2v) is 4.75. The molecule has 0 saturated heterocycles. The van der Waals surface area contributed by atoms with E-state index >= 15 is 0 Å². The monoisotopic (exact) mass is 266 g/mol. The standard InChI is InChI=1S/C15H22O4/c1-4-19-15(18)11(3)13(16)10(2)14(17)12-8-6-5-7-9-12/h5-11,13-14,16-17H,4H2,1-3H3/t10-,11+,13-,14-/m0/s1. The Bertz CT molecular complexity index is 390. The molecular formula is C15H22O4. The molecule has 0 amide bonds. The molecule has 0 aliphatic rings. The van der Waals surface area contributed by atoms with Crippen LogP contribution >= 0.6 is 0 Å². The molecule has 1 aromatic rings. The molecule has 0 aromatic heterocycles. The van der Waals surface area contributed by atoms with Crippen LogP contribution in [0.2, 0.25) is 0 Å². The van der Waals surface area contributed by atoms with Crippen molar-refractivity contribution in [1.29, 1.82) is 0 Å². The number of aliphatic hydroxyl groups is 2. The van der Waals surface area contributed by atoms with Gasteiger partial charge < -0.3 is 14.9 Å². The molecule has 2 N–H and O–H groups in total. The summed E-state index contributed by atoms with van der Waals surface area (Å²) in [5.41, 5.74) is 0.727. The third-order valence-corrected chi connectivity index (χ3v) is 3.35. The lowest BCUT2D eigenvalue weighted by Gasteiger charge is -2.27. The molecule has 0 fully saturated rings. The minimum absolute atomic E-state index is 0.283. The maximum atomic E-state index is 11.6. The van der Waals surface area contributed by atoms with Crippen LogP contribution in [-0.2, 0) is 9.53 Å². The van der Waals surface area contributed by atoms with Crippen LogP contribution in [-0.4, -0.2) is 28.9 Å². The average Bonchev–Trinajstić information content (AvgIpc) is 2.45. The Balaban J connectivity index is 2.71. The van der Waals surface area contributed by atoms with Gasteiger partial charge in [-0.25, -0.2) is 0 Å². The van der Waals surface area contributed by atoms with Crippen molar-refractivity contribution in [3.63, 3.8) is 0 Å². The van der Waals surface area contributed by atoms with Crippen molar-refractivity contribution in [3.05, 3.63) is 35.9 Å².